The summed E-state index contributed by atoms with van der Waals surface area (Å²) in [5, 5.41) is 13.3. The summed E-state index contributed by atoms with van der Waals surface area (Å²) in [4.78, 5) is 18.3. The van der Waals surface area contributed by atoms with E-state index in [4.69, 9.17) is 0 Å². The van der Waals surface area contributed by atoms with E-state index in [0.29, 0.717) is 12.1 Å². The van der Waals surface area contributed by atoms with Gasteiger partial charge in [0.15, 0.2) is 0 Å². The Morgan fingerprint density at radius 3 is 2.87 bits per heavy atom. The normalized spacial score (nSPS) is 18.7. The lowest BCUT2D eigenvalue weighted by molar-refractivity contribution is 0.130. The van der Waals surface area contributed by atoms with Crippen LogP contribution in [-0.2, 0) is 0 Å². The number of aliphatic hydroxyl groups excluding tert-OH is 1. The van der Waals surface area contributed by atoms with Gasteiger partial charge in [0, 0.05) is 18.8 Å². The van der Waals surface area contributed by atoms with Crippen LogP contribution in [0, 0.1) is 0 Å². The third-order valence-corrected chi connectivity index (χ3v) is 4.23. The summed E-state index contributed by atoms with van der Waals surface area (Å²) in [6.45, 7) is 0.721. The molecule has 0 radical (unpaired) electrons. The monoisotopic (exact) mass is 311 g/mol. The van der Waals surface area contributed by atoms with Crippen molar-refractivity contribution in [2.45, 2.75) is 31.4 Å². The number of aromatic nitrogens is 1. The molecule has 1 aliphatic heterocycles. The molecule has 23 heavy (non-hydrogen) atoms. The molecule has 1 fully saturated rings. The third-order valence-electron chi connectivity index (χ3n) is 4.23. The number of hydrogen-bond acceptors (Lipinski definition) is 3. The third kappa shape index (κ3) is 3.87. The Morgan fingerprint density at radius 1 is 1.30 bits per heavy atom. The summed E-state index contributed by atoms with van der Waals surface area (Å²) in [5.74, 6) is 0. The van der Waals surface area contributed by atoms with Crippen molar-refractivity contribution in [2.75, 3.05) is 11.9 Å². The van der Waals surface area contributed by atoms with Gasteiger partial charge in [-0.1, -0.05) is 30.3 Å². The number of carbonyl (C=O) groups excluding carboxylic acids is 1. The van der Waals surface area contributed by atoms with Crippen LogP contribution < -0.4 is 5.32 Å². The summed E-state index contributed by atoms with van der Waals surface area (Å²) in [5.41, 5.74) is 1.58. The van der Waals surface area contributed by atoms with E-state index in [0.717, 1.165) is 24.9 Å². The molecule has 120 valence electrons. The summed E-state index contributed by atoms with van der Waals surface area (Å²) < 4.78 is 0. The van der Waals surface area contributed by atoms with Gasteiger partial charge in [-0.15, -0.1) is 0 Å². The smallest absolute Gasteiger partial charge is 0.322 e. The highest BCUT2D eigenvalue weighted by atomic mass is 16.3. The highest BCUT2D eigenvalue weighted by Crippen LogP contribution is 2.27. The van der Waals surface area contributed by atoms with Crippen molar-refractivity contribution in [2.24, 2.45) is 0 Å². The van der Waals surface area contributed by atoms with Crippen molar-refractivity contribution in [3.05, 3.63) is 60.4 Å². The molecule has 2 amide bonds. The van der Waals surface area contributed by atoms with Crippen molar-refractivity contribution < 1.29 is 9.90 Å². The van der Waals surface area contributed by atoms with E-state index in [-0.39, 0.29) is 12.1 Å². The average Bonchev–Trinajstić information content (AvgIpc) is 3.05. The van der Waals surface area contributed by atoms with Gasteiger partial charge >= 0.3 is 6.03 Å². The number of carbonyl (C=O) groups is 1. The van der Waals surface area contributed by atoms with Crippen LogP contribution in [0.25, 0.3) is 0 Å². The molecular formula is C18H21N3O2. The molecule has 2 atom stereocenters. The zero-order valence-electron chi connectivity index (χ0n) is 12.9. The molecule has 5 nitrogen and oxygen atoms in total. The lowest BCUT2D eigenvalue weighted by Gasteiger charge is -2.27. The molecule has 2 heterocycles. The van der Waals surface area contributed by atoms with Crippen molar-refractivity contribution in [3.63, 3.8) is 0 Å². The SMILES string of the molecule is O=C(Nc1cccnc1)N1CCC[C@@H]1C[C@H](O)c1ccccc1. The number of anilines is 1. The predicted octanol–water partition coefficient (Wildman–Crippen LogP) is 3.20. The molecule has 0 aliphatic carbocycles. The van der Waals surface area contributed by atoms with Crippen molar-refractivity contribution >= 4 is 11.7 Å². The number of nitrogens with one attached hydrogen (secondary N) is 1. The number of hydrogen-bond donors (Lipinski definition) is 2. The van der Waals surface area contributed by atoms with Crippen LogP contribution in [0.1, 0.15) is 30.9 Å². The van der Waals surface area contributed by atoms with Gasteiger partial charge in [0.05, 0.1) is 18.0 Å². The minimum absolute atomic E-state index is 0.0573. The summed E-state index contributed by atoms with van der Waals surface area (Å²) in [7, 11) is 0. The Morgan fingerprint density at radius 2 is 2.13 bits per heavy atom. The second-order valence-corrected chi connectivity index (χ2v) is 5.82. The van der Waals surface area contributed by atoms with E-state index in [1.54, 1.807) is 18.5 Å². The number of nitrogens with zero attached hydrogens (tertiary/aromatic N) is 2. The van der Waals surface area contributed by atoms with Crippen LogP contribution >= 0.6 is 0 Å². The molecule has 0 unspecified atom stereocenters. The van der Waals surface area contributed by atoms with Gasteiger partial charge in [-0.3, -0.25) is 4.98 Å². The zero-order valence-corrected chi connectivity index (χ0v) is 12.9. The molecular weight excluding hydrogens is 290 g/mol. The first-order chi connectivity index (χ1) is 11.2. The summed E-state index contributed by atoms with van der Waals surface area (Å²) in [6, 6.07) is 13.1. The number of amides is 2. The van der Waals surface area contributed by atoms with Gasteiger partial charge in [-0.2, -0.15) is 0 Å². The number of urea groups is 1. The molecule has 3 rings (SSSR count). The second kappa shape index (κ2) is 7.24. The van der Waals surface area contributed by atoms with E-state index < -0.39 is 6.10 Å². The van der Waals surface area contributed by atoms with E-state index in [1.807, 2.05) is 41.3 Å². The molecule has 1 aromatic heterocycles. The standard InChI is InChI=1S/C18H21N3O2/c22-17(14-6-2-1-3-7-14)12-16-9-5-11-21(16)18(23)20-15-8-4-10-19-13-15/h1-4,6-8,10,13,16-17,22H,5,9,11-12H2,(H,20,23)/t16-,17+/m1/s1. The zero-order chi connectivity index (χ0) is 16.1. The first-order valence-electron chi connectivity index (χ1n) is 7.94. The van der Waals surface area contributed by atoms with E-state index >= 15 is 0 Å². The van der Waals surface area contributed by atoms with E-state index in [9.17, 15) is 9.90 Å². The van der Waals surface area contributed by atoms with Crippen LogP contribution in [-0.4, -0.2) is 33.6 Å². The van der Waals surface area contributed by atoms with Gasteiger partial charge in [-0.25, -0.2) is 4.79 Å². The number of pyridine rings is 1. The molecule has 2 aromatic rings. The van der Waals surface area contributed by atoms with Gasteiger partial charge in [0.1, 0.15) is 0 Å². The summed E-state index contributed by atoms with van der Waals surface area (Å²) >= 11 is 0. The molecule has 1 aliphatic rings. The van der Waals surface area contributed by atoms with Crippen LogP contribution in [0.3, 0.4) is 0 Å². The summed E-state index contributed by atoms with van der Waals surface area (Å²) in [6.07, 6.45) is 5.20. The minimum atomic E-state index is -0.548. The predicted molar refractivity (Wildman–Crippen MR) is 89.0 cm³/mol. The Kier molecular flexibility index (Phi) is 4.88. The van der Waals surface area contributed by atoms with E-state index in [2.05, 4.69) is 10.3 Å². The fraction of sp³-hybridized carbons (Fsp3) is 0.333. The minimum Gasteiger partial charge on any atom is -0.388 e. The number of likely N-dealkylation sites (tertiary alicyclic amines) is 1. The van der Waals surface area contributed by atoms with Crippen molar-refractivity contribution in [1.82, 2.24) is 9.88 Å². The quantitative estimate of drug-likeness (QED) is 0.911. The van der Waals surface area contributed by atoms with Crippen molar-refractivity contribution in [1.29, 1.82) is 0 Å². The first kappa shape index (κ1) is 15.5. The topological polar surface area (TPSA) is 65.5 Å². The fourth-order valence-corrected chi connectivity index (χ4v) is 3.05. The van der Waals surface area contributed by atoms with Crippen LogP contribution in [0.15, 0.2) is 54.9 Å². The molecule has 0 spiro atoms. The maximum atomic E-state index is 12.4. The maximum absolute atomic E-state index is 12.4. The molecule has 0 bridgehead atoms. The Balaban J connectivity index is 1.62. The molecule has 5 heteroatoms. The molecule has 1 saturated heterocycles. The lowest BCUT2D eigenvalue weighted by Crippen LogP contribution is -2.39. The van der Waals surface area contributed by atoms with Crippen LogP contribution in [0.5, 0.6) is 0 Å². The Bertz CT molecular complexity index is 633. The average molecular weight is 311 g/mol. The number of aliphatic hydroxyl groups is 1. The fourth-order valence-electron chi connectivity index (χ4n) is 3.05. The highest BCUT2D eigenvalue weighted by Gasteiger charge is 2.30. The van der Waals surface area contributed by atoms with E-state index in [1.165, 1.54) is 0 Å². The number of rotatable bonds is 4. The van der Waals surface area contributed by atoms with Gasteiger partial charge in [0.2, 0.25) is 0 Å². The maximum Gasteiger partial charge on any atom is 0.322 e. The van der Waals surface area contributed by atoms with Crippen molar-refractivity contribution in [3.8, 4) is 0 Å². The van der Waals surface area contributed by atoms with Gasteiger partial charge in [-0.05, 0) is 37.0 Å². The van der Waals surface area contributed by atoms with Gasteiger partial charge < -0.3 is 15.3 Å². The van der Waals surface area contributed by atoms with Crippen LogP contribution in [0.4, 0.5) is 10.5 Å². The molecule has 0 saturated carbocycles. The first-order valence-corrected chi connectivity index (χ1v) is 7.94. The number of benzene rings is 1. The Hall–Kier alpha value is -2.40. The Labute approximate surface area is 136 Å². The second-order valence-electron chi connectivity index (χ2n) is 5.82. The largest absolute Gasteiger partial charge is 0.388 e. The highest BCUT2D eigenvalue weighted by molar-refractivity contribution is 5.89. The molecule has 2 N–H and O–H groups in total. The van der Waals surface area contributed by atoms with Gasteiger partial charge in [0.25, 0.3) is 0 Å². The molecule has 1 aromatic carbocycles. The van der Waals surface area contributed by atoms with Crippen LogP contribution in [0.2, 0.25) is 0 Å². The lowest BCUT2D eigenvalue weighted by atomic mass is 10.0.